The van der Waals surface area contributed by atoms with Gasteiger partial charge in [0.15, 0.2) is 0 Å². The average molecular weight is 486 g/mol. The Bertz CT molecular complexity index is 1330. The maximum Gasteiger partial charge on any atom is 0.335 e. The van der Waals surface area contributed by atoms with Crippen LogP contribution in [0.15, 0.2) is 78.4 Å². The van der Waals surface area contributed by atoms with Gasteiger partial charge in [0.05, 0.1) is 17.9 Å². The van der Waals surface area contributed by atoms with Crippen LogP contribution in [0, 0.1) is 0 Å². The third kappa shape index (κ3) is 5.41. The molecule has 4 rings (SSSR count). The number of carboxylic acid groups (broad SMARTS) is 1. The van der Waals surface area contributed by atoms with Gasteiger partial charge in [-0.2, -0.15) is 0 Å². The number of amides is 4. The minimum atomic E-state index is -0.996. The molecular formula is C27H22N2O7. The molecule has 3 aromatic carbocycles. The van der Waals surface area contributed by atoms with Gasteiger partial charge in [-0.05, 0) is 72.7 Å². The van der Waals surface area contributed by atoms with E-state index in [2.05, 4.69) is 5.32 Å². The number of hydrogen-bond acceptors (Lipinski definition) is 6. The zero-order valence-corrected chi connectivity index (χ0v) is 19.3. The Kier molecular flexibility index (Phi) is 7.10. The minimum absolute atomic E-state index is 0.185. The molecule has 0 unspecified atom stereocenters. The second-order valence-electron chi connectivity index (χ2n) is 7.74. The van der Waals surface area contributed by atoms with E-state index < -0.39 is 23.8 Å². The van der Waals surface area contributed by atoms with Crippen molar-refractivity contribution in [1.29, 1.82) is 0 Å². The van der Waals surface area contributed by atoms with Crippen LogP contribution in [0.25, 0.3) is 6.08 Å². The fourth-order valence-electron chi connectivity index (χ4n) is 3.49. The van der Waals surface area contributed by atoms with Crippen molar-refractivity contribution >= 4 is 35.6 Å². The molecule has 1 fully saturated rings. The van der Waals surface area contributed by atoms with Crippen molar-refractivity contribution in [2.75, 3.05) is 11.5 Å². The van der Waals surface area contributed by atoms with E-state index in [0.29, 0.717) is 29.4 Å². The fourth-order valence-corrected chi connectivity index (χ4v) is 3.49. The Morgan fingerprint density at radius 1 is 0.889 bits per heavy atom. The number of carbonyl (C=O) groups is 4. The third-order valence-corrected chi connectivity index (χ3v) is 5.31. The summed E-state index contributed by atoms with van der Waals surface area (Å²) in [5, 5.41) is 11.2. The maximum atomic E-state index is 13.0. The summed E-state index contributed by atoms with van der Waals surface area (Å²) < 4.78 is 11.1. The molecule has 0 saturated carbocycles. The van der Waals surface area contributed by atoms with Gasteiger partial charge in [-0.3, -0.25) is 14.9 Å². The molecule has 0 bridgehead atoms. The number of carboxylic acids is 1. The summed E-state index contributed by atoms with van der Waals surface area (Å²) in [4.78, 5) is 49.7. The lowest BCUT2D eigenvalue weighted by atomic mass is 10.1. The number of barbiturate groups is 1. The van der Waals surface area contributed by atoms with E-state index in [1.165, 1.54) is 18.2 Å². The molecule has 1 aliphatic rings. The van der Waals surface area contributed by atoms with Crippen molar-refractivity contribution in [2.45, 2.75) is 13.5 Å². The fraction of sp³-hybridized carbons (Fsp3) is 0.111. The van der Waals surface area contributed by atoms with E-state index in [1.54, 1.807) is 60.7 Å². The maximum absolute atomic E-state index is 13.0. The largest absolute Gasteiger partial charge is 0.494 e. The molecule has 36 heavy (non-hydrogen) atoms. The number of nitrogens with one attached hydrogen (secondary N) is 1. The molecule has 0 radical (unpaired) electrons. The molecule has 4 amide bonds. The summed E-state index contributed by atoms with van der Waals surface area (Å²) in [5.41, 5.74) is 1.68. The molecule has 182 valence electrons. The Labute approximate surface area is 206 Å². The number of nitrogens with zero attached hydrogens (tertiary/aromatic N) is 1. The van der Waals surface area contributed by atoms with Gasteiger partial charge in [-0.15, -0.1) is 0 Å². The van der Waals surface area contributed by atoms with Gasteiger partial charge in [0.2, 0.25) is 0 Å². The zero-order valence-electron chi connectivity index (χ0n) is 19.3. The molecule has 1 heterocycles. The van der Waals surface area contributed by atoms with Crippen LogP contribution >= 0.6 is 0 Å². The van der Waals surface area contributed by atoms with Gasteiger partial charge in [0.25, 0.3) is 11.8 Å². The quantitative estimate of drug-likeness (QED) is 0.364. The van der Waals surface area contributed by atoms with Crippen LogP contribution in [0.5, 0.6) is 11.5 Å². The van der Waals surface area contributed by atoms with Crippen LogP contribution in [-0.2, 0) is 16.2 Å². The van der Waals surface area contributed by atoms with Crippen molar-refractivity contribution in [3.8, 4) is 11.5 Å². The van der Waals surface area contributed by atoms with Crippen LogP contribution < -0.4 is 19.7 Å². The highest BCUT2D eigenvalue weighted by molar-refractivity contribution is 6.39. The number of aromatic carboxylic acids is 1. The first-order valence-electron chi connectivity index (χ1n) is 11.0. The van der Waals surface area contributed by atoms with E-state index in [4.69, 9.17) is 14.6 Å². The second kappa shape index (κ2) is 10.6. The topological polar surface area (TPSA) is 122 Å². The van der Waals surface area contributed by atoms with Crippen molar-refractivity contribution in [2.24, 2.45) is 0 Å². The number of anilines is 1. The summed E-state index contributed by atoms with van der Waals surface area (Å²) in [7, 11) is 0. The predicted octanol–water partition coefficient (Wildman–Crippen LogP) is 4.03. The number of imide groups is 2. The Morgan fingerprint density at radius 2 is 1.50 bits per heavy atom. The molecular weight excluding hydrogens is 464 g/mol. The number of rotatable bonds is 8. The van der Waals surface area contributed by atoms with Crippen LogP contribution in [0.1, 0.15) is 28.4 Å². The summed E-state index contributed by atoms with van der Waals surface area (Å²) in [5.74, 6) is -1.37. The Balaban J connectivity index is 1.46. The van der Waals surface area contributed by atoms with Crippen molar-refractivity contribution < 1.29 is 33.8 Å². The van der Waals surface area contributed by atoms with Gasteiger partial charge < -0.3 is 14.6 Å². The SMILES string of the molecule is CCOc1ccc(N2C(=O)NC(=O)/C(=C/c3ccc(OCc4ccc(C(=O)O)cc4)cc3)C2=O)cc1. The smallest absolute Gasteiger partial charge is 0.335 e. The average Bonchev–Trinajstić information content (AvgIpc) is 2.87. The molecule has 3 aromatic rings. The van der Waals surface area contributed by atoms with Crippen molar-refractivity contribution in [1.82, 2.24) is 5.32 Å². The van der Waals surface area contributed by atoms with Crippen LogP contribution in [0.3, 0.4) is 0 Å². The molecule has 0 aromatic heterocycles. The third-order valence-electron chi connectivity index (χ3n) is 5.31. The molecule has 1 saturated heterocycles. The molecule has 0 spiro atoms. The second-order valence-corrected chi connectivity index (χ2v) is 7.74. The number of carbonyl (C=O) groups excluding carboxylic acids is 3. The number of hydrogen-bond donors (Lipinski definition) is 2. The van der Waals surface area contributed by atoms with E-state index in [1.807, 2.05) is 6.92 Å². The van der Waals surface area contributed by atoms with Crippen LogP contribution in [0.2, 0.25) is 0 Å². The van der Waals surface area contributed by atoms with E-state index in [-0.39, 0.29) is 17.7 Å². The van der Waals surface area contributed by atoms with Gasteiger partial charge in [-0.1, -0.05) is 24.3 Å². The van der Waals surface area contributed by atoms with Gasteiger partial charge in [0, 0.05) is 0 Å². The molecule has 1 aliphatic heterocycles. The lowest BCUT2D eigenvalue weighted by molar-refractivity contribution is -0.122. The first kappa shape index (κ1) is 24.2. The normalized spacial score (nSPS) is 14.5. The van der Waals surface area contributed by atoms with Gasteiger partial charge in [0.1, 0.15) is 23.7 Å². The lowest BCUT2D eigenvalue weighted by Crippen LogP contribution is -2.54. The Hall–Kier alpha value is -4.92. The highest BCUT2D eigenvalue weighted by Crippen LogP contribution is 2.25. The molecule has 0 aliphatic carbocycles. The van der Waals surface area contributed by atoms with Crippen LogP contribution in [-0.4, -0.2) is 35.5 Å². The first-order chi connectivity index (χ1) is 17.4. The first-order valence-corrected chi connectivity index (χ1v) is 11.0. The number of ether oxygens (including phenoxy) is 2. The van der Waals surface area contributed by atoms with Gasteiger partial charge in [-0.25, -0.2) is 14.5 Å². The van der Waals surface area contributed by atoms with Crippen LogP contribution in [0.4, 0.5) is 10.5 Å². The van der Waals surface area contributed by atoms with E-state index in [0.717, 1.165) is 10.5 Å². The standard InChI is InChI=1S/C27H22N2O7/c1-2-35-21-13-9-20(10-14-21)29-25(31)23(24(30)28-27(29)34)15-17-5-11-22(12-6-17)36-16-18-3-7-19(8-4-18)26(32)33/h3-15H,2,16H2,1H3,(H,32,33)(H,28,30,34)/b23-15-. The summed E-state index contributed by atoms with van der Waals surface area (Å²) in [6.07, 6.45) is 1.40. The summed E-state index contributed by atoms with van der Waals surface area (Å²) in [6.45, 7) is 2.56. The molecule has 2 N–H and O–H groups in total. The highest BCUT2D eigenvalue weighted by atomic mass is 16.5. The van der Waals surface area contributed by atoms with Crippen molar-refractivity contribution in [3.63, 3.8) is 0 Å². The highest BCUT2D eigenvalue weighted by Gasteiger charge is 2.36. The zero-order chi connectivity index (χ0) is 25.7. The summed E-state index contributed by atoms with van der Waals surface area (Å²) >= 11 is 0. The number of urea groups is 1. The summed E-state index contributed by atoms with van der Waals surface area (Å²) in [6, 6.07) is 18.6. The predicted molar refractivity (Wildman–Crippen MR) is 131 cm³/mol. The molecule has 0 atom stereocenters. The number of benzene rings is 3. The van der Waals surface area contributed by atoms with E-state index in [9.17, 15) is 19.2 Å². The van der Waals surface area contributed by atoms with Gasteiger partial charge >= 0.3 is 12.0 Å². The lowest BCUT2D eigenvalue weighted by Gasteiger charge is -2.26. The Morgan fingerprint density at radius 3 is 2.11 bits per heavy atom. The molecule has 9 heteroatoms. The van der Waals surface area contributed by atoms with Crippen molar-refractivity contribution in [3.05, 3.63) is 95.1 Å². The monoisotopic (exact) mass is 486 g/mol. The minimum Gasteiger partial charge on any atom is -0.494 e. The van der Waals surface area contributed by atoms with E-state index >= 15 is 0 Å². The molecule has 9 nitrogen and oxygen atoms in total.